The maximum atomic E-state index is 12.5. The molecule has 2 aliphatic rings. The maximum absolute atomic E-state index is 12.5. The van der Waals surface area contributed by atoms with Gasteiger partial charge in [0.05, 0.1) is 21.6 Å². The number of carboxylic acids is 1. The van der Waals surface area contributed by atoms with Gasteiger partial charge in [0, 0.05) is 13.1 Å². The first-order valence-corrected chi connectivity index (χ1v) is 9.30. The van der Waals surface area contributed by atoms with Crippen LogP contribution in [0.4, 0.5) is 5.69 Å². The summed E-state index contributed by atoms with van der Waals surface area (Å²) in [4.78, 5) is 25.6. The molecule has 0 saturated heterocycles. The Bertz CT molecular complexity index is 810. The van der Waals surface area contributed by atoms with Crippen molar-refractivity contribution in [3.05, 3.63) is 29.3 Å². The van der Waals surface area contributed by atoms with Crippen molar-refractivity contribution in [2.45, 2.75) is 43.4 Å². The Morgan fingerprint density at radius 2 is 1.92 bits per heavy atom. The highest BCUT2D eigenvalue weighted by atomic mass is 32.2. The van der Waals surface area contributed by atoms with Gasteiger partial charge in [-0.15, -0.1) is 0 Å². The second-order valence-corrected chi connectivity index (χ2v) is 8.96. The van der Waals surface area contributed by atoms with Gasteiger partial charge in [-0.3, -0.25) is 4.79 Å². The number of hydrogen-bond acceptors (Lipinski definition) is 5. The highest BCUT2D eigenvalue weighted by Gasteiger charge is 2.51. The molecule has 2 saturated carbocycles. The predicted octanol–water partition coefficient (Wildman–Crippen LogP) is 1.60. The summed E-state index contributed by atoms with van der Waals surface area (Å²) >= 11 is 0. The van der Waals surface area contributed by atoms with Crippen molar-refractivity contribution in [2.75, 3.05) is 11.9 Å². The van der Waals surface area contributed by atoms with Crippen molar-refractivity contribution < 1.29 is 23.1 Å². The van der Waals surface area contributed by atoms with E-state index in [1.165, 1.54) is 18.2 Å². The third-order valence-electron chi connectivity index (χ3n) is 4.79. The normalized spacial score (nSPS) is 18.8. The largest absolute Gasteiger partial charge is 0.478 e. The Morgan fingerprint density at radius 3 is 2.42 bits per heavy atom. The van der Waals surface area contributed by atoms with Gasteiger partial charge >= 0.3 is 5.97 Å². The van der Waals surface area contributed by atoms with Crippen LogP contribution in [-0.4, -0.2) is 43.2 Å². The first kappa shape index (κ1) is 16.8. The molecule has 2 aliphatic carbocycles. The summed E-state index contributed by atoms with van der Waals surface area (Å²) in [7, 11) is -1.96. The lowest BCUT2D eigenvalue weighted by molar-refractivity contribution is 0.0696. The van der Waals surface area contributed by atoms with Gasteiger partial charge in [-0.05, 0) is 50.8 Å². The quantitative estimate of drug-likeness (QED) is 0.806. The summed E-state index contributed by atoms with van der Waals surface area (Å²) < 4.78 is 25.8. The molecule has 2 fully saturated rings. The van der Waals surface area contributed by atoms with E-state index in [-0.39, 0.29) is 17.2 Å². The molecule has 8 heteroatoms. The van der Waals surface area contributed by atoms with E-state index < -0.39 is 26.6 Å². The van der Waals surface area contributed by atoms with Crippen LogP contribution in [0, 0.1) is 0 Å². The number of nitrogens with one attached hydrogen (secondary N) is 1. The van der Waals surface area contributed by atoms with Crippen molar-refractivity contribution in [1.29, 1.82) is 0 Å². The van der Waals surface area contributed by atoms with Gasteiger partial charge in [0.2, 0.25) is 10.0 Å². The minimum atomic E-state index is -3.74. The maximum Gasteiger partial charge on any atom is 0.335 e. The molecular weight excluding hydrogens is 332 g/mol. The van der Waals surface area contributed by atoms with Gasteiger partial charge in [0.25, 0.3) is 5.91 Å². The van der Waals surface area contributed by atoms with Crippen LogP contribution in [0.1, 0.15) is 53.3 Å². The van der Waals surface area contributed by atoms with E-state index in [0.717, 1.165) is 12.8 Å². The molecule has 0 spiro atoms. The monoisotopic (exact) mass is 352 g/mol. The number of amides is 1. The van der Waals surface area contributed by atoms with Crippen molar-refractivity contribution in [2.24, 2.45) is 0 Å². The number of benzene rings is 1. The molecule has 2 N–H and O–H groups in total. The molecule has 1 amide bonds. The van der Waals surface area contributed by atoms with E-state index in [9.17, 15) is 18.0 Å². The molecule has 0 unspecified atom stereocenters. The summed E-state index contributed by atoms with van der Waals surface area (Å²) in [6.45, 7) is 1.60. The first-order valence-electron chi connectivity index (χ1n) is 7.81. The molecule has 0 bridgehead atoms. The van der Waals surface area contributed by atoms with Crippen molar-refractivity contribution >= 4 is 27.6 Å². The molecule has 24 heavy (non-hydrogen) atoms. The van der Waals surface area contributed by atoms with Gasteiger partial charge in [-0.1, -0.05) is 0 Å². The van der Waals surface area contributed by atoms with Crippen LogP contribution >= 0.6 is 0 Å². The van der Waals surface area contributed by atoms with E-state index >= 15 is 0 Å². The zero-order valence-electron chi connectivity index (χ0n) is 13.6. The summed E-state index contributed by atoms with van der Waals surface area (Å²) in [5.74, 6) is -1.81. The van der Waals surface area contributed by atoms with Gasteiger partial charge in [0.15, 0.2) is 0 Å². The third-order valence-corrected chi connectivity index (χ3v) is 6.95. The highest BCUT2D eigenvalue weighted by molar-refractivity contribution is 7.91. The Kier molecular flexibility index (Phi) is 3.82. The Morgan fingerprint density at radius 1 is 1.29 bits per heavy atom. The summed E-state index contributed by atoms with van der Waals surface area (Å²) in [5, 5.41) is 9.16. The molecule has 7 nitrogen and oxygen atoms in total. The molecule has 0 aliphatic heterocycles. The van der Waals surface area contributed by atoms with Crippen LogP contribution in [0.15, 0.2) is 18.2 Å². The number of carboxylic acid groups (broad SMARTS) is 1. The second kappa shape index (κ2) is 5.47. The topological polar surface area (TPSA) is 104 Å². The average Bonchev–Trinajstić information content (AvgIpc) is 3.40. The lowest BCUT2D eigenvalue weighted by Gasteiger charge is -2.22. The summed E-state index contributed by atoms with van der Waals surface area (Å²) in [5.41, 5.74) is 0.666. The highest BCUT2D eigenvalue weighted by Crippen LogP contribution is 2.42. The fourth-order valence-electron chi connectivity index (χ4n) is 2.55. The molecule has 0 radical (unpaired) electrons. The fourth-order valence-corrected chi connectivity index (χ4v) is 3.79. The first-order chi connectivity index (χ1) is 11.1. The number of anilines is 1. The van der Waals surface area contributed by atoms with Gasteiger partial charge in [0.1, 0.15) is 0 Å². The molecule has 0 aromatic heterocycles. The number of sulfonamides is 1. The van der Waals surface area contributed by atoms with Crippen molar-refractivity contribution in [3.8, 4) is 0 Å². The Balaban J connectivity index is 1.94. The smallest absolute Gasteiger partial charge is 0.335 e. The van der Waals surface area contributed by atoms with Crippen molar-refractivity contribution in [1.82, 2.24) is 4.72 Å². The van der Waals surface area contributed by atoms with E-state index in [1.807, 2.05) is 4.90 Å². The molecule has 0 atom stereocenters. The molecule has 1 aromatic carbocycles. The van der Waals surface area contributed by atoms with E-state index in [2.05, 4.69) is 4.72 Å². The Labute approximate surface area is 140 Å². The van der Waals surface area contributed by atoms with Crippen LogP contribution in [0.25, 0.3) is 0 Å². The average molecular weight is 352 g/mol. The lowest BCUT2D eigenvalue weighted by Crippen LogP contribution is -2.39. The van der Waals surface area contributed by atoms with Crippen LogP contribution in [-0.2, 0) is 10.0 Å². The van der Waals surface area contributed by atoms with Gasteiger partial charge in [-0.25, -0.2) is 17.9 Å². The number of aromatic carboxylic acids is 1. The zero-order chi connectivity index (χ0) is 17.7. The SMILES string of the molecule is CN(c1cc(C(=O)O)ccc1C(=O)NS(=O)(=O)C1(C)CC1)C1CC1. The van der Waals surface area contributed by atoms with Crippen molar-refractivity contribution in [3.63, 3.8) is 0 Å². The van der Waals surface area contributed by atoms with Crippen LogP contribution in [0.5, 0.6) is 0 Å². The number of rotatable bonds is 6. The minimum absolute atomic E-state index is 0.0612. The number of carbonyl (C=O) groups is 2. The molecule has 130 valence electrons. The molecular formula is C16H20N2O5S. The molecule has 0 heterocycles. The van der Waals surface area contributed by atoms with E-state index in [0.29, 0.717) is 18.5 Å². The predicted molar refractivity (Wildman–Crippen MR) is 88.9 cm³/mol. The van der Waals surface area contributed by atoms with Crippen LogP contribution < -0.4 is 9.62 Å². The van der Waals surface area contributed by atoms with E-state index in [4.69, 9.17) is 5.11 Å². The lowest BCUT2D eigenvalue weighted by atomic mass is 10.1. The van der Waals surface area contributed by atoms with Crippen LogP contribution in [0.2, 0.25) is 0 Å². The zero-order valence-corrected chi connectivity index (χ0v) is 14.4. The molecule has 1 aromatic rings. The third kappa shape index (κ3) is 2.98. The van der Waals surface area contributed by atoms with Crippen LogP contribution in [0.3, 0.4) is 0 Å². The van der Waals surface area contributed by atoms with E-state index in [1.54, 1.807) is 14.0 Å². The summed E-state index contributed by atoms with van der Waals surface area (Å²) in [6, 6.07) is 4.35. The number of carbonyl (C=O) groups excluding carboxylic acids is 1. The minimum Gasteiger partial charge on any atom is -0.478 e. The fraction of sp³-hybridized carbons (Fsp3) is 0.500. The van der Waals surface area contributed by atoms with Gasteiger partial charge < -0.3 is 10.0 Å². The summed E-state index contributed by atoms with van der Waals surface area (Å²) in [6.07, 6.45) is 2.99. The number of hydrogen-bond donors (Lipinski definition) is 2. The molecule has 3 rings (SSSR count). The number of nitrogens with zero attached hydrogens (tertiary/aromatic N) is 1. The second-order valence-electron chi connectivity index (χ2n) is 6.76. The van der Waals surface area contributed by atoms with Gasteiger partial charge in [-0.2, -0.15) is 0 Å². The Hall–Kier alpha value is -2.09. The standard InChI is InChI=1S/C16H20N2O5S/c1-16(7-8-16)24(22,23)17-14(19)12-6-3-10(15(20)21)9-13(12)18(2)11-4-5-11/h3,6,9,11H,4-5,7-8H2,1-2H3,(H,17,19)(H,20,21).